The summed E-state index contributed by atoms with van der Waals surface area (Å²) in [6.07, 6.45) is 0.760. The Morgan fingerprint density at radius 2 is 1.64 bits per heavy atom. The Labute approximate surface area is 202 Å². The van der Waals surface area contributed by atoms with Crippen LogP contribution in [0.4, 0.5) is 15.9 Å². The first-order valence-electron chi connectivity index (χ1n) is 10.8. The number of nitrogens with one attached hydrogen (secondary N) is 1. The van der Waals surface area contributed by atoms with Gasteiger partial charge in [0.15, 0.2) is 5.82 Å². The average Bonchev–Trinajstić information content (AvgIpc) is 2.85. The Balaban J connectivity index is 1.18. The van der Waals surface area contributed by atoms with Gasteiger partial charge in [0.2, 0.25) is 5.91 Å². The minimum Gasteiger partial charge on any atom is -0.368 e. The van der Waals surface area contributed by atoms with Crippen LogP contribution in [-0.2, 0) is 11.2 Å². The number of benzene rings is 2. The number of piperazine rings is 1. The van der Waals surface area contributed by atoms with E-state index in [2.05, 4.69) is 25.3 Å². The molecule has 2 heterocycles. The summed E-state index contributed by atoms with van der Waals surface area (Å²) in [5.41, 5.74) is 2.16. The number of anilines is 2. The van der Waals surface area contributed by atoms with E-state index < -0.39 is 0 Å². The molecule has 172 valence electrons. The van der Waals surface area contributed by atoms with E-state index in [0.29, 0.717) is 17.3 Å². The molecule has 0 bridgehead atoms. The number of aromatic nitrogens is 2. The lowest BCUT2D eigenvalue weighted by Crippen LogP contribution is -2.46. The molecule has 0 atom stereocenters. The van der Waals surface area contributed by atoms with Gasteiger partial charge in [-0.15, -0.1) is 10.2 Å². The highest BCUT2D eigenvalue weighted by molar-refractivity contribution is 7.99. The van der Waals surface area contributed by atoms with E-state index in [-0.39, 0.29) is 11.7 Å². The maximum Gasteiger partial charge on any atom is 0.230 e. The second-order valence-electron chi connectivity index (χ2n) is 7.70. The molecule has 4 rings (SSSR count). The van der Waals surface area contributed by atoms with Crippen molar-refractivity contribution in [3.63, 3.8) is 0 Å². The number of hydrogen-bond acceptors (Lipinski definition) is 6. The maximum atomic E-state index is 13.1. The number of halogens is 2. The van der Waals surface area contributed by atoms with E-state index in [9.17, 15) is 9.18 Å². The molecule has 0 radical (unpaired) electrons. The lowest BCUT2D eigenvalue weighted by Gasteiger charge is -2.36. The third kappa shape index (κ3) is 6.82. The average molecular weight is 486 g/mol. The summed E-state index contributed by atoms with van der Waals surface area (Å²) in [5.74, 6) is 0.869. The highest BCUT2D eigenvalue weighted by atomic mass is 35.5. The molecule has 1 saturated heterocycles. The molecule has 9 heteroatoms. The fraction of sp³-hybridized carbons (Fsp3) is 0.292. The van der Waals surface area contributed by atoms with Crippen molar-refractivity contribution in [2.45, 2.75) is 11.4 Å². The normalized spacial score (nSPS) is 13.8. The lowest BCUT2D eigenvalue weighted by atomic mass is 10.1. The van der Waals surface area contributed by atoms with Crippen LogP contribution in [0, 0.1) is 5.82 Å². The second kappa shape index (κ2) is 11.3. The molecular weight excluding hydrogens is 461 g/mol. The minimum atomic E-state index is -0.221. The summed E-state index contributed by atoms with van der Waals surface area (Å²) >= 11 is 7.25. The Morgan fingerprint density at radius 3 is 2.30 bits per heavy atom. The summed E-state index contributed by atoms with van der Waals surface area (Å²) in [6, 6.07) is 18.1. The van der Waals surface area contributed by atoms with Crippen molar-refractivity contribution >= 4 is 40.8 Å². The van der Waals surface area contributed by atoms with Crippen molar-refractivity contribution in [2.75, 3.05) is 48.3 Å². The monoisotopic (exact) mass is 485 g/mol. The van der Waals surface area contributed by atoms with Crippen LogP contribution in [0.2, 0.25) is 5.02 Å². The van der Waals surface area contributed by atoms with Gasteiger partial charge < -0.3 is 15.1 Å². The molecule has 2 aromatic carbocycles. The third-order valence-electron chi connectivity index (χ3n) is 5.42. The third-order valence-corrected chi connectivity index (χ3v) is 6.59. The smallest absolute Gasteiger partial charge is 0.230 e. The van der Waals surface area contributed by atoms with Crippen LogP contribution in [0.25, 0.3) is 0 Å². The van der Waals surface area contributed by atoms with Crippen LogP contribution in [0.3, 0.4) is 0 Å². The Kier molecular flexibility index (Phi) is 8.01. The van der Waals surface area contributed by atoms with Gasteiger partial charge in [-0.3, -0.25) is 4.79 Å². The molecule has 0 saturated carbocycles. The summed E-state index contributed by atoms with van der Waals surface area (Å²) in [7, 11) is 0. The van der Waals surface area contributed by atoms with Crippen molar-refractivity contribution in [3.8, 4) is 0 Å². The zero-order valence-electron chi connectivity index (χ0n) is 18.1. The largest absolute Gasteiger partial charge is 0.368 e. The molecule has 1 aliphatic rings. The Bertz CT molecular complexity index is 1040. The topological polar surface area (TPSA) is 61.4 Å². The van der Waals surface area contributed by atoms with Crippen molar-refractivity contribution in [3.05, 3.63) is 77.1 Å². The minimum absolute atomic E-state index is 0.0308. The standard InChI is InChI=1S/C24H25ClFN5OS/c25-19-3-1-18(2-4-19)11-12-27-23(32)17-33-24-10-9-22(28-29-24)31-15-13-30(14-16-31)21-7-5-20(26)6-8-21/h1-10H,11-17H2,(H,27,32). The van der Waals surface area contributed by atoms with Gasteiger partial charge in [0, 0.05) is 43.4 Å². The number of carbonyl (C=O) groups is 1. The predicted octanol–water partition coefficient (Wildman–Crippen LogP) is 4.05. The van der Waals surface area contributed by atoms with E-state index in [1.165, 1.54) is 23.9 Å². The van der Waals surface area contributed by atoms with Crippen molar-refractivity contribution in [1.82, 2.24) is 15.5 Å². The molecule has 1 aromatic heterocycles. The van der Waals surface area contributed by atoms with Gasteiger partial charge >= 0.3 is 0 Å². The Morgan fingerprint density at radius 1 is 0.939 bits per heavy atom. The first-order chi connectivity index (χ1) is 16.1. The summed E-state index contributed by atoms with van der Waals surface area (Å²) < 4.78 is 13.1. The van der Waals surface area contributed by atoms with Crippen LogP contribution < -0.4 is 15.1 Å². The van der Waals surface area contributed by atoms with Crippen LogP contribution >= 0.6 is 23.4 Å². The fourth-order valence-electron chi connectivity index (χ4n) is 3.59. The quantitative estimate of drug-likeness (QED) is 0.486. The number of nitrogens with zero attached hydrogens (tertiary/aromatic N) is 4. The number of amides is 1. The maximum absolute atomic E-state index is 13.1. The predicted molar refractivity (Wildman–Crippen MR) is 132 cm³/mol. The molecule has 6 nitrogen and oxygen atoms in total. The van der Waals surface area contributed by atoms with Crippen molar-refractivity contribution < 1.29 is 9.18 Å². The van der Waals surface area contributed by atoms with Gasteiger partial charge in [-0.25, -0.2) is 4.39 Å². The van der Waals surface area contributed by atoms with Crippen LogP contribution in [0.5, 0.6) is 0 Å². The zero-order chi connectivity index (χ0) is 23.0. The second-order valence-corrected chi connectivity index (χ2v) is 9.13. The van der Waals surface area contributed by atoms with Gasteiger partial charge in [-0.2, -0.15) is 0 Å². The molecule has 3 aromatic rings. The van der Waals surface area contributed by atoms with Crippen LogP contribution in [0.1, 0.15) is 5.56 Å². The van der Waals surface area contributed by atoms with Gasteiger partial charge in [0.05, 0.1) is 5.75 Å². The van der Waals surface area contributed by atoms with Gasteiger partial charge in [0.1, 0.15) is 10.8 Å². The van der Waals surface area contributed by atoms with Crippen molar-refractivity contribution in [1.29, 1.82) is 0 Å². The van der Waals surface area contributed by atoms with Crippen LogP contribution in [0.15, 0.2) is 65.7 Å². The van der Waals surface area contributed by atoms with Crippen LogP contribution in [-0.4, -0.2) is 54.6 Å². The van der Waals surface area contributed by atoms with Gasteiger partial charge in [-0.05, 0) is 60.5 Å². The summed E-state index contributed by atoms with van der Waals surface area (Å²) in [5, 5.41) is 13.0. The van der Waals surface area contributed by atoms with E-state index in [4.69, 9.17) is 11.6 Å². The number of thioether (sulfide) groups is 1. The lowest BCUT2D eigenvalue weighted by molar-refractivity contribution is -0.118. The number of carbonyl (C=O) groups excluding carboxylic acids is 1. The van der Waals surface area contributed by atoms with E-state index in [1.54, 1.807) is 0 Å². The molecule has 0 spiro atoms. The highest BCUT2D eigenvalue weighted by Crippen LogP contribution is 2.21. The molecule has 0 unspecified atom stereocenters. The molecule has 1 aliphatic heterocycles. The van der Waals surface area contributed by atoms with Gasteiger partial charge in [0.25, 0.3) is 0 Å². The highest BCUT2D eigenvalue weighted by Gasteiger charge is 2.19. The Hall–Kier alpha value is -2.84. The fourth-order valence-corrected chi connectivity index (χ4v) is 4.36. The zero-order valence-corrected chi connectivity index (χ0v) is 19.7. The molecule has 33 heavy (non-hydrogen) atoms. The molecule has 0 aliphatic carbocycles. The van der Waals surface area contributed by atoms with E-state index in [0.717, 1.165) is 54.7 Å². The van der Waals surface area contributed by atoms with E-state index >= 15 is 0 Å². The SMILES string of the molecule is O=C(CSc1ccc(N2CCN(c3ccc(F)cc3)CC2)nn1)NCCc1ccc(Cl)cc1. The summed E-state index contributed by atoms with van der Waals surface area (Å²) in [6.45, 7) is 3.87. The van der Waals surface area contributed by atoms with Gasteiger partial charge in [-0.1, -0.05) is 35.5 Å². The molecule has 1 amide bonds. The number of rotatable bonds is 8. The molecule has 1 fully saturated rings. The van der Waals surface area contributed by atoms with Crippen molar-refractivity contribution in [2.24, 2.45) is 0 Å². The summed E-state index contributed by atoms with van der Waals surface area (Å²) in [4.78, 5) is 16.5. The van der Waals surface area contributed by atoms with E-state index in [1.807, 2.05) is 48.5 Å². The molecule has 1 N–H and O–H groups in total. The first-order valence-corrected chi connectivity index (χ1v) is 12.2. The number of hydrogen-bond donors (Lipinski definition) is 1. The molecular formula is C24H25ClFN5OS. The first kappa shape index (κ1) is 23.3.